The van der Waals surface area contributed by atoms with Crippen molar-refractivity contribution in [2.45, 2.75) is 90.3 Å². The summed E-state index contributed by atoms with van der Waals surface area (Å²) in [6.45, 7) is 9.94. The van der Waals surface area contributed by atoms with E-state index in [2.05, 4.69) is 20.4 Å². The van der Waals surface area contributed by atoms with Gasteiger partial charge in [0.25, 0.3) is 0 Å². The first-order chi connectivity index (χ1) is 11.4. The molecule has 0 aromatic carbocycles. The standard InChI is InChI=1S/C20H38O4/c1-7-8-9-10-11-12-14-18(22-5)20(4,23-6)15-13-16-24-19(21)17(2)3/h18H,2,7-16H2,1,3-6H3. The molecule has 24 heavy (non-hydrogen) atoms. The monoisotopic (exact) mass is 342 g/mol. The zero-order valence-electron chi connectivity index (χ0n) is 16.5. The van der Waals surface area contributed by atoms with E-state index in [0.717, 1.165) is 25.7 Å². The van der Waals surface area contributed by atoms with Crippen molar-refractivity contribution >= 4 is 5.97 Å². The molecule has 0 fully saturated rings. The second-order valence-corrected chi connectivity index (χ2v) is 6.82. The average Bonchev–Trinajstić information content (AvgIpc) is 2.57. The van der Waals surface area contributed by atoms with Gasteiger partial charge in [0, 0.05) is 19.8 Å². The van der Waals surface area contributed by atoms with Gasteiger partial charge in [-0.3, -0.25) is 0 Å². The number of carbonyl (C=O) groups excluding carboxylic acids is 1. The summed E-state index contributed by atoms with van der Waals surface area (Å²) in [5.74, 6) is -0.329. The highest BCUT2D eigenvalue weighted by atomic mass is 16.5. The van der Waals surface area contributed by atoms with Crippen LogP contribution in [0, 0.1) is 0 Å². The molecule has 0 aromatic rings. The third kappa shape index (κ3) is 9.43. The van der Waals surface area contributed by atoms with Crippen LogP contribution in [0.5, 0.6) is 0 Å². The third-order valence-corrected chi connectivity index (χ3v) is 4.65. The topological polar surface area (TPSA) is 44.8 Å². The van der Waals surface area contributed by atoms with Gasteiger partial charge in [0.15, 0.2) is 0 Å². The Hall–Kier alpha value is -0.870. The van der Waals surface area contributed by atoms with Crippen LogP contribution in [-0.2, 0) is 19.0 Å². The minimum atomic E-state index is -0.353. The van der Waals surface area contributed by atoms with Crippen LogP contribution >= 0.6 is 0 Å². The quantitative estimate of drug-likeness (QED) is 0.237. The van der Waals surface area contributed by atoms with Crippen molar-refractivity contribution in [3.63, 3.8) is 0 Å². The van der Waals surface area contributed by atoms with E-state index in [1.807, 2.05) is 0 Å². The van der Waals surface area contributed by atoms with Crippen molar-refractivity contribution < 1.29 is 19.0 Å². The van der Waals surface area contributed by atoms with E-state index < -0.39 is 0 Å². The molecule has 0 saturated heterocycles. The lowest BCUT2D eigenvalue weighted by Crippen LogP contribution is -2.42. The Kier molecular flexibility index (Phi) is 12.9. The van der Waals surface area contributed by atoms with Gasteiger partial charge in [-0.05, 0) is 33.1 Å². The minimum Gasteiger partial charge on any atom is -0.462 e. The Morgan fingerprint density at radius 1 is 1.08 bits per heavy atom. The Morgan fingerprint density at radius 2 is 1.71 bits per heavy atom. The molecular weight excluding hydrogens is 304 g/mol. The molecule has 2 atom stereocenters. The van der Waals surface area contributed by atoms with Crippen LogP contribution in [0.3, 0.4) is 0 Å². The van der Waals surface area contributed by atoms with E-state index in [-0.39, 0.29) is 17.7 Å². The molecule has 0 rings (SSSR count). The van der Waals surface area contributed by atoms with Crippen LogP contribution < -0.4 is 0 Å². The highest BCUT2D eigenvalue weighted by Gasteiger charge is 2.33. The summed E-state index contributed by atoms with van der Waals surface area (Å²) >= 11 is 0. The van der Waals surface area contributed by atoms with Crippen LogP contribution in [0.25, 0.3) is 0 Å². The van der Waals surface area contributed by atoms with E-state index in [4.69, 9.17) is 14.2 Å². The molecule has 2 unspecified atom stereocenters. The van der Waals surface area contributed by atoms with Gasteiger partial charge >= 0.3 is 5.97 Å². The molecule has 142 valence electrons. The molecule has 4 heteroatoms. The summed E-state index contributed by atoms with van der Waals surface area (Å²) in [6.07, 6.45) is 10.2. The maximum absolute atomic E-state index is 11.4. The van der Waals surface area contributed by atoms with Gasteiger partial charge in [0.2, 0.25) is 0 Å². The van der Waals surface area contributed by atoms with Gasteiger partial charge in [-0.2, -0.15) is 0 Å². The lowest BCUT2D eigenvalue weighted by atomic mass is 9.89. The summed E-state index contributed by atoms with van der Waals surface area (Å²) in [7, 11) is 3.48. The second kappa shape index (κ2) is 13.4. The smallest absolute Gasteiger partial charge is 0.333 e. The van der Waals surface area contributed by atoms with Crippen molar-refractivity contribution in [3.8, 4) is 0 Å². The number of unbranched alkanes of at least 4 members (excludes halogenated alkanes) is 5. The van der Waals surface area contributed by atoms with E-state index in [0.29, 0.717) is 12.2 Å². The molecule has 4 nitrogen and oxygen atoms in total. The van der Waals surface area contributed by atoms with Crippen molar-refractivity contribution in [1.29, 1.82) is 0 Å². The van der Waals surface area contributed by atoms with Gasteiger partial charge in [-0.15, -0.1) is 0 Å². The minimum absolute atomic E-state index is 0.0607. The normalized spacial score (nSPS) is 14.9. The molecule has 0 N–H and O–H groups in total. The summed E-state index contributed by atoms with van der Waals surface area (Å²) in [5.41, 5.74) is 0.0794. The molecule has 0 saturated carbocycles. The first-order valence-electron chi connectivity index (χ1n) is 9.31. The van der Waals surface area contributed by atoms with Gasteiger partial charge < -0.3 is 14.2 Å². The predicted molar refractivity (Wildman–Crippen MR) is 99.2 cm³/mol. The highest BCUT2D eigenvalue weighted by molar-refractivity contribution is 5.86. The maximum atomic E-state index is 11.4. The number of ether oxygens (including phenoxy) is 3. The first-order valence-corrected chi connectivity index (χ1v) is 9.31. The Morgan fingerprint density at radius 3 is 2.25 bits per heavy atom. The SMILES string of the molecule is C=C(C)C(=O)OCCCC(C)(OC)C(CCCCCCCC)OC. The summed E-state index contributed by atoms with van der Waals surface area (Å²) in [4.78, 5) is 11.4. The molecule has 0 aliphatic heterocycles. The fourth-order valence-electron chi connectivity index (χ4n) is 2.89. The zero-order valence-corrected chi connectivity index (χ0v) is 16.5. The Labute approximate surface area is 148 Å². The van der Waals surface area contributed by atoms with Gasteiger partial charge in [-0.25, -0.2) is 4.79 Å². The van der Waals surface area contributed by atoms with E-state index in [1.165, 1.54) is 32.1 Å². The van der Waals surface area contributed by atoms with E-state index in [1.54, 1.807) is 21.1 Å². The lowest BCUT2D eigenvalue weighted by molar-refractivity contribution is -0.141. The predicted octanol–water partition coefficient (Wildman–Crippen LogP) is 5.06. The van der Waals surface area contributed by atoms with Crippen molar-refractivity contribution in [2.75, 3.05) is 20.8 Å². The average molecular weight is 343 g/mol. The van der Waals surface area contributed by atoms with Crippen LogP contribution in [0.15, 0.2) is 12.2 Å². The van der Waals surface area contributed by atoms with Crippen molar-refractivity contribution in [2.24, 2.45) is 0 Å². The molecule has 0 amide bonds. The number of rotatable bonds is 15. The number of methoxy groups -OCH3 is 2. The van der Waals surface area contributed by atoms with Gasteiger partial charge in [0.05, 0.1) is 18.3 Å². The van der Waals surface area contributed by atoms with Gasteiger partial charge in [-0.1, -0.05) is 52.0 Å². The fourth-order valence-corrected chi connectivity index (χ4v) is 2.89. The first kappa shape index (κ1) is 23.1. The van der Waals surface area contributed by atoms with Crippen LogP contribution in [-0.4, -0.2) is 38.5 Å². The maximum Gasteiger partial charge on any atom is 0.333 e. The van der Waals surface area contributed by atoms with E-state index in [9.17, 15) is 4.79 Å². The summed E-state index contributed by atoms with van der Waals surface area (Å²) in [5, 5.41) is 0. The molecule has 0 aromatic heterocycles. The number of hydrogen-bond donors (Lipinski definition) is 0. The third-order valence-electron chi connectivity index (χ3n) is 4.65. The number of carbonyl (C=O) groups is 1. The van der Waals surface area contributed by atoms with Crippen LogP contribution in [0.4, 0.5) is 0 Å². The van der Waals surface area contributed by atoms with Crippen LogP contribution in [0.2, 0.25) is 0 Å². The molecule has 0 aliphatic rings. The second-order valence-electron chi connectivity index (χ2n) is 6.82. The van der Waals surface area contributed by atoms with Crippen molar-refractivity contribution in [1.82, 2.24) is 0 Å². The highest BCUT2D eigenvalue weighted by Crippen LogP contribution is 2.27. The van der Waals surface area contributed by atoms with Gasteiger partial charge in [0.1, 0.15) is 0 Å². The van der Waals surface area contributed by atoms with Crippen LogP contribution in [0.1, 0.15) is 78.6 Å². The number of hydrogen-bond acceptors (Lipinski definition) is 4. The Balaban J connectivity index is 4.20. The molecule has 0 bridgehead atoms. The Bertz CT molecular complexity index is 354. The molecule has 0 spiro atoms. The molecule has 0 radical (unpaired) electrons. The van der Waals surface area contributed by atoms with Crippen molar-refractivity contribution in [3.05, 3.63) is 12.2 Å². The summed E-state index contributed by atoms with van der Waals surface area (Å²) < 4.78 is 16.6. The number of esters is 1. The largest absolute Gasteiger partial charge is 0.462 e. The fraction of sp³-hybridized carbons (Fsp3) is 0.850. The zero-order chi connectivity index (χ0) is 18.4. The lowest BCUT2D eigenvalue weighted by Gasteiger charge is -2.36. The summed E-state index contributed by atoms with van der Waals surface area (Å²) in [6, 6.07) is 0. The van der Waals surface area contributed by atoms with E-state index >= 15 is 0 Å². The molecule has 0 heterocycles. The molecule has 0 aliphatic carbocycles. The molecular formula is C20H38O4.